The monoisotopic (exact) mass is 383 g/mol. The average molecular weight is 383 g/mol. The summed E-state index contributed by atoms with van der Waals surface area (Å²) in [6.07, 6.45) is 0.883. The third-order valence-electron chi connectivity index (χ3n) is 4.51. The lowest BCUT2D eigenvalue weighted by Crippen LogP contribution is -2.43. The number of hydrogen-bond acceptors (Lipinski definition) is 5. The third kappa shape index (κ3) is 4.59. The molecule has 2 rings (SSSR count). The van der Waals surface area contributed by atoms with Crippen LogP contribution in [0.25, 0.3) is 0 Å². The number of nitro groups is 1. The highest BCUT2D eigenvalue weighted by atomic mass is 32.2. The SMILES string of the molecule is Cc1ccc([N+](=O)[O-])cc1S(=O)(=O)N1CCC(C(=O)NCC(C)C)CC1. The second kappa shape index (κ2) is 8.13. The van der Waals surface area contributed by atoms with Crippen LogP contribution in [-0.2, 0) is 14.8 Å². The predicted molar refractivity (Wildman–Crippen MR) is 97.2 cm³/mol. The van der Waals surface area contributed by atoms with E-state index in [4.69, 9.17) is 0 Å². The number of sulfonamides is 1. The Balaban J connectivity index is 2.10. The van der Waals surface area contributed by atoms with Crippen LogP contribution < -0.4 is 5.32 Å². The first kappa shape index (κ1) is 20.3. The molecule has 0 bridgehead atoms. The number of nitrogens with one attached hydrogen (secondary N) is 1. The molecule has 0 unspecified atom stereocenters. The minimum absolute atomic E-state index is 0.0396. The van der Waals surface area contributed by atoms with Crippen molar-refractivity contribution in [2.75, 3.05) is 19.6 Å². The number of hydrogen-bond donors (Lipinski definition) is 1. The zero-order valence-electron chi connectivity index (χ0n) is 15.3. The quantitative estimate of drug-likeness (QED) is 0.597. The molecule has 1 N–H and O–H groups in total. The molecule has 8 nitrogen and oxygen atoms in total. The molecule has 1 aliphatic rings. The van der Waals surface area contributed by atoms with Crippen LogP contribution in [0.5, 0.6) is 0 Å². The molecular weight excluding hydrogens is 358 g/mol. The van der Waals surface area contributed by atoms with Crippen molar-refractivity contribution in [2.45, 2.75) is 38.5 Å². The fourth-order valence-corrected chi connectivity index (χ4v) is 4.64. The fraction of sp³-hybridized carbons (Fsp3) is 0.588. The number of benzene rings is 1. The molecular formula is C17H25N3O5S. The summed E-state index contributed by atoms with van der Waals surface area (Å²) in [7, 11) is -3.83. The maximum absolute atomic E-state index is 12.9. The van der Waals surface area contributed by atoms with Crippen LogP contribution >= 0.6 is 0 Å². The Hall–Kier alpha value is -2.00. The van der Waals surface area contributed by atoms with Crippen molar-refractivity contribution in [1.82, 2.24) is 9.62 Å². The van der Waals surface area contributed by atoms with Crippen molar-refractivity contribution in [3.8, 4) is 0 Å². The predicted octanol–water partition coefficient (Wildman–Crippen LogP) is 2.08. The summed E-state index contributed by atoms with van der Waals surface area (Å²) in [5, 5.41) is 13.8. The van der Waals surface area contributed by atoms with Crippen molar-refractivity contribution in [2.24, 2.45) is 11.8 Å². The van der Waals surface area contributed by atoms with Crippen molar-refractivity contribution in [1.29, 1.82) is 0 Å². The molecule has 1 aromatic carbocycles. The molecule has 1 aliphatic heterocycles. The van der Waals surface area contributed by atoms with Gasteiger partial charge in [0.05, 0.1) is 9.82 Å². The normalized spacial score (nSPS) is 16.6. The van der Waals surface area contributed by atoms with E-state index in [1.165, 1.54) is 16.4 Å². The van der Waals surface area contributed by atoms with E-state index in [0.717, 1.165) is 6.07 Å². The van der Waals surface area contributed by atoms with Crippen molar-refractivity contribution >= 4 is 21.6 Å². The largest absolute Gasteiger partial charge is 0.356 e. The molecule has 0 atom stereocenters. The summed E-state index contributed by atoms with van der Waals surface area (Å²) in [5.41, 5.74) is 0.213. The second-order valence-corrected chi connectivity index (χ2v) is 8.93. The first-order chi connectivity index (χ1) is 12.1. The highest BCUT2D eigenvalue weighted by molar-refractivity contribution is 7.89. The van der Waals surface area contributed by atoms with Gasteiger partial charge in [-0.3, -0.25) is 14.9 Å². The maximum atomic E-state index is 12.9. The Morgan fingerprint density at radius 3 is 2.50 bits per heavy atom. The van der Waals surface area contributed by atoms with Crippen LogP contribution in [0.3, 0.4) is 0 Å². The number of aryl methyl sites for hydroxylation is 1. The molecule has 144 valence electrons. The van der Waals surface area contributed by atoms with Crippen molar-refractivity contribution in [3.63, 3.8) is 0 Å². The molecule has 1 aromatic rings. The Bertz CT molecular complexity index is 784. The average Bonchev–Trinajstić information content (AvgIpc) is 2.59. The Labute approximate surface area is 153 Å². The minimum atomic E-state index is -3.83. The fourth-order valence-electron chi connectivity index (χ4n) is 2.93. The first-order valence-electron chi connectivity index (χ1n) is 8.66. The summed E-state index contributed by atoms with van der Waals surface area (Å²) in [4.78, 5) is 22.4. The van der Waals surface area contributed by atoms with Gasteiger partial charge in [0.15, 0.2) is 0 Å². The molecule has 0 radical (unpaired) electrons. The van der Waals surface area contributed by atoms with E-state index in [0.29, 0.717) is 30.9 Å². The molecule has 1 amide bonds. The number of rotatable bonds is 6. The molecule has 0 saturated carbocycles. The van der Waals surface area contributed by atoms with E-state index in [1.807, 2.05) is 13.8 Å². The highest BCUT2D eigenvalue weighted by Crippen LogP contribution is 2.28. The molecule has 0 aliphatic carbocycles. The smallest absolute Gasteiger partial charge is 0.270 e. The van der Waals surface area contributed by atoms with E-state index in [9.17, 15) is 23.3 Å². The summed E-state index contributed by atoms with van der Waals surface area (Å²) < 4.78 is 27.1. The van der Waals surface area contributed by atoms with Gasteiger partial charge in [0.1, 0.15) is 0 Å². The van der Waals surface area contributed by atoms with Gasteiger partial charge in [-0.15, -0.1) is 0 Å². The molecule has 1 saturated heterocycles. The Kier molecular flexibility index (Phi) is 6.35. The molecule has 26 heavy (non-hydrogen) atoms. The van der Waals surface area contributed by atoms with Crippen LogP contribution in [0.4, 0.5) is 5.69 Å². The lowest BCUT2D eigenvalue weighted by Gasteiger charge is -2.31. The maximum Gasteiger partial charge on any atom is 0.270 e. The zero-order chi connectivity index (χ0) is 19.5. The molecule has 1 fully saturated rings. The number of nitrogens with zero attached hydrogens (tertiary/aromatic N) is 2. The summed E-state index contributed by atoms with van der Waals surface area (Å²) in [5.74, 6) is 0.116. The Morgan fingerprint density at radius 1 is 1.35 bits per heavy atom. The van der Waals surface area contributed by atoms with E-state index in [1.54, 1.807) is 6.92 Å². The number of nitro benzene ring substituents is 1. The van der Waals surface area contributed by atoms with Crippen molar-refractivity contribution in [3.05, 3.63) is 33.9 Å². The summed E-state index contributed by atoms with van der Waals surface area (Å²) in [6, 6.07) is 3.84. The third-order valence-corrected chi connectivity index (χ3v) is 6.55. The topological polar surface area (TPSA) is 110 Å². The Morgan fingerprint density at radius 2 is 1.96 bits per heavy atom. The van der Waals surface area contributed by atoms with Crippen LogP contribution in [0, 0.1) is 28.9 Å². The molecule has 0 aromatic heterocycles. The van der Waals surface area contributed by atoms with Crippen LogP contribution in [-0.4, -0.2) is 43.2 Å². The highest BCUT2D eigenvalue weighted by Gasteiger charge is 2.33. The van der Waals surface area contributed by atoms with Crippen LogP contribution in [0.2, 0.25) is 0 Å². The van der Waals surface area contributed by atoms with Gasteiger partial charge in [-0.1, -0.05) is 19.9 Å². The number of amides is 1. The number of non-ortho nitro benzene ring substituents is 1. The summed E-state index contributed by atoms with van der Waals surface area (Å²) >= 11 is 0. The number of piperidine rings is 1. The number of carbonyl (C=O) groups excluding carboxylic acids is 1. The van der Waals surface area contributed by atoms with Gasteiger partial charge in [-0.05, 0) is 31.2 Å². The summed E-state index contributed by atoms with van der Waals surface area (Å²) in [6.45, 7) is 6.69. The lowest BCUT2D eigenvalue weighted by molar-refractivity contribution is -0.385. The van der Waals surface area contributed by atoms with Crippen LogP contribution in [0.1, 0.15) is 32.3 Å². The van der Waals surface area contributed by atoms with Gasteiger partial charge in [0, 0.05) is 37.7 Å². The van der Waals surface area contributed by atoms with Gasteiger partial charge >= 0.3 is 0 Å². The van der Waals surface area contributed by atoms with Gasteiger partial charge in [0.25, 0.3) is 5.69 Å². The van der Waals surface area contributed by atoms with Crippen molar-refractivity contribution < 1.29 is 18.1 Å². The first-order valence-corrected chi connectivity index (χ1v) is 10.1. The molecule has 1 heterocycles. The van der Waals surface area contributed by atoms with Gasteiger partial charge < -0.3 is 5.32 Å². The van der Waals surface area contributed by atoms with E-state index in [2.05, 4.69) is 5.32 Å². The van der Waals surface area contributed by atoms with E-state index < -0.39 is 14.9 Å². The second-order valence-electron chi connectivity index (χ2n) is 7.02. The minimum Gasteiger partial charge on any atom is -0.356 e. The lowest BCUT2D eigenvalue weighted by atomic mass is 9.97. The van der Waals surface area contributed by atoms with Gasteiger partial charge in [-0.25, -0.2) is 8.42 Å². The molecule has 9 heteroatoms. The zero-order valence-corrected chi connectivity index (χ0v) is 16.1. The van der Waals surface area contributed by atoms with E-state index in [-0.39, 0.29) is 35.5 Å². The molecule has 0 spiro atoms. The van der Waals surface area contributed by atoms with E-state index >= 15 is 0 Å². The van der Waals surface area contributed by atoms with Gasteiger partial charge in [-0.2, -0.15) is 4.31 Å². The number of carbonyl (C=O) groups is 1. The van der Waals surface area contributed by atoms with Gasteiger partial charge in [0.2, 0.25) is 15.9 Å². The standard InChI is InChI=1S/C17H25N3O5S/c1-12(2)11-18-17(21)14-6-8-19(9-7-14)26(24,25)16-10-15(20(22)23)5-4-13(16)3/h4-5,10,12,14H,6-9,11H2,1-3H3,(H,18,21). The van der Waals surface area contributed by atoms with Crippen LogP contribution in [0.15, 0.2) is 23.1 Å².